The highest BCUT2D eigenvalue weighted by Gasteiger charge is 2.36. The predicted molar refractivity (Wildman–Crippen MR) is 146 cm³/mol. The van der Waals surface area contributed by atoms with Crippen molar-refractivity contribution in [2.45, 2.75) is 98.3 Å². The Morgan fingerprint density at radius 1 is 1.11 bits per heavy atom. The van der Waals surface area contributed by atoms with E-state index in [1.165, 1.54) is 0 Å². The Morgan fingerprint density at radius 3 is 2.36 bits per heavy atom. The molecule has 0 aliphatic heterocycles. The molecule has 0 spiro atoms. The van der Waals surface area contributed by atoms with Crippen LogP contribution >= 0.6 is 0 Å². The Morgan fingerprint density at radius 2 is 1.81 bits per heavy atom. The number of rotatable bonds is 14. The normalized spacial score (nSPS) is 13.0. The van der Waals surface area contributed by atoms with E-state index >= 15 is 0 Å². The van der Waals surface area contributed by atoms with Gasteiger partial charge >= 0.3 is 6.09 Å². The van der Waals surface area contributed by atoms with Gasteiger partial charge in [0.25, 0.3) is 0 Å². The molecular weight excluding hydrogens is 454 g/mol. The Labute approximate surface area is 218 Å². The third-order valence-electron chi connectivity index (χ3n) is 5.55. The van der Waals surface area contributed by atoms with Crippen molar-refractivity contribution in [3.05, 3.63) is 42.0 Å². The van der Waals surface area contributed by atoms with Crippen LogP contribution in [0.5, 0.6) is 0 Å². The van der Waals surface area contributed by atoms with Gasteiger partial charge in [0.15, 0.2) is 0 Å². The smallest absolute Gasteiger partial charge is 0.408 e. The van der Waals surface area contributed by atoms with Crippen LogP contribution in [0.15, 0.2) is 30.8 Å². The number of nitrogens with zero attached hydrogens (tertiary/aromatic N) is 1. The number of ether oxygens (including phenoxy) is 1. The first-order valence-corrected chi connectivity index (χ1v) is 13.2. The monoisotopic (exact) mass is 501 g/mol. The Bertz CT molecular complexity index is 860. The minimum atomic E-state index is -0.825. The Hall–Kier alpha value is -2.83. The van der Waals surface area contributed by atoms with Crippen LogP contribution in [-0.4, -0.2) is 47.5 Å². The summed E-state index contributed by atoms with van der Waals surface area (Å²) in [4.78, 5) is 41.7. The standard InChI is InChI=1S/C29H47N3O4/c1-9-12-13-17-30-26(33)25(23-16-14-15-22(11-3)20-23)32(18-10-2)27(34)24(19-21(4)5)31-28(35)36-29(6,7)8/h11,14-16,20-21,24-25H,3,9-10,12-13,17-19H2,1-2,4-8H3,(H,30,33)(H,31,35). The summed E-state index contributed by atoms with van der Waals surface area (Å²) in [5.41, 5.74) is 0.888. The van der Waals surface area contributed by atoms with Gasteiger partial charge in [-0.25, -0.2) is 4.79 Å². The van der Waals surface area contributed by atoms with E-state index in [2.05, 4.69) is 24.1 Å². The average Bonchev–Trinajstić information content (AvgIpc) is 2.79. The number of unbranched alkanes of at least 4 members (excludes halogenated alkanes) is 2. The fraction of sp³-hybridized carbons (Fsp3) is 0.621. The van der Waals surface area contributed by atoms with E-state index in [0.29, 0.717) is 31.5 Å². The van der Waals surface area contributed by atoms with E-state index in [9.17, 15) is 14.4 Å². The second-order valence-electron chi connectivity index (χ2n) is 10.6. The maximum Gasteiger partial charge on any atom is 0.408 e. The molecule has 0 heterocycles. The van der Waals surface area contributed by atoms with E-state index in [4.69, 9.17) is 4.74 Å². The van der Waals surface area contributed by atoms with Gasteiger partial charge in [-0.1, -0.05) is 71.4 Å². The van der Waals surface area contributed by atoms with Crippen LogP contribution < -0.4 is 10.6 Å². The molecule has 0 saturated heterocycles. The molecule has 0 aliphatic carbocycles. The Kier molecular flexibility index (Phi) is 13.3. The quantitative estimate of drug-likeness (QED) is 0.313. The second kappa shape index (κ2) is 15.3. The van der Waals surface area contributed by atoms with Crippen LogP contribution in [0.3, 0.4) is 0 Å². The van der Waals surface area contributed by atoms with Gasteiger partial charge in [-0.3, -0.25) is 9.59 Å². The number of amides is 3. The van der Waals surface area contributed by atoms with Gasteiger partial charge in [0.1, 0.15) is 17.7 Å². The summed E-state index contributed by atoms with van der Waals surface area (Å²) in [5.74, 6) is -0.383. The SMILES string of the molecule is C=Cc1cccc(C(C(=O)NCCCCC)N(CCC)C(=O)C(CC(C)C)NC(=O)OC(C)(C)C)c1. The molecule has 2 N–H and O–H groups in total. The number of carbonyl (C=O) groups is 3. The molecule has 3 amide bonds. The summed E-state index contributed by atoms with van der Waals surface area (Å²) in [7, 11) is 0. The lowest BCUT2D eigenvalue weighted by Crippen LogP contribution is -2.53. The van der Waals surface area contributed by atoms with Crippen LogP contribution in [0.25, 0.3) is 6.08 Å². The third kappa shape index (κ3) is 10.8. The molecule has 1 aromatic carbocycles. The number of benzene rings is 1. The van der Waals surface area contributed by atoms with Crippen molar-refractivity contribution in [2.75, 3.05) is 13.1 Å². The van der Waals surface area contributed by atoms with Crippen molar-refractivity contribution >= 4 is 24.0 Å². The van der Waals surface area contributed by atoms with Crippen LogP contribution in [0, 0.1) is 5.92 Å². The van der Waals surface area contributed by atoms with Crippen LogP contribution in [0.4, 0.5) is 4.79 Å². The van der Waals surface area contributed by atoms with Crippen LogP contribution in [0.2, 0.25) is 0 Å². The fourth-order valence-electron chi connectivity index (χ4n) is 3.96. The van der Waals surface area contributed by atoms with Gasteiger partial charge in [0, 0.05) is 13.1 Å². The van der Waals surface area contributed by atoms with Crippen molar-refractivity contribution in [3.63, 3.8) is 0 Å². The maximum absolute atomic E-state index is 14.0. The Balaban J connectivity index is 3.40. The van der Waals surface area contributed by atoms with Crippen molar-refractivity contribution < 1.29 is 19.1 Å². The zero-order valence-electron chi connectivity index (χ0n) is 23.4. The summed E-state index contributed by atoms with van der Waals surface area (Å²) in [5, 5.41) is 5.80. The average molecular weight is 502 g/mol. The van der Waals surface area contributed by atoms with E-state index in [-0.39, 0.29) is 17.7 Å². The van der Waals surface area contributed by atoms with Gasteiger partial charge < -0.3 is 20.3 Å². The first-order chi connectivity index (χ1) is 16.9. The third-order valence-corrected chi connectivity index (χ3v) is 5.55. The molecule has 1 rings (SSSR count). The van der Waals surface area contributed by atoms with Crippen LogP contribution in [0.1, 0.15) is 97.7 Å². The lowest BCUT2D eigenvalue weighted by molar-refractivity contribution is -0.142. The molecule has 1 aromatic rings. The lowest BCUT2D eigenvalue weighted by Gasteiger charge is -2.35. The summed E-state index contributed by atoms with van der Waals surface area (Å²) in [6, 6.07) is 5.88. The zero-order valence-corrected chi connectivity index (χ0v) is 23.4. The molecule has 0 radical (unpaired) electrons. The van der Waals surface area contributed by atoms with E-state index < -0.39 is 23.8 Å². The lowest BCUT2D eigenvalue weighted by atomic mass is 9.98. The van der Waals surface area contributed by atoms with E-state index in [1.54, 1.807) is 31.7 Å². The topological polar surface area (TPSA) is 87.7 Å². The number of nitrogens with one attached hydrogen (secondary N) is 2. The van der Waals surface area contributed by atoms with Gasteiger partial charge in [-0.2, -0.15) is 0 Å². The molecule has 2 atom stereocenters. The largest absolute Gasteiger partial charge is 0.444 e. The molecule has 2 unspecified atom stereocenters. The van der Waals surface area contributed by atoms with Crippen molar-refractivity contribution in [2.24, 2.45) is 5.92 Å². The highest BCUT2D eigenvalue weighted by atomic mass is 16.6. The summed E-state index contributed by atoms with van der Waals surface area (Å²) < 4.78 is 5.43. The molecule has 202 valence electrons. The van der Waals surface area contributed by atoms with Crippen molar-refractivity contribution in [1.29, 1.82) is 0 Å². The number of hydrogen-bond acceptors (Lipinski definition) is 4. The minimum Gasteiger partial charge on any atom is -0.444 e. The van der Waals surface area contributed by atoms with Crippen molar-refractivity contribution in [3.8, 4) is 0 Å². The molecular formula is C29H47N3O4. The fourth-order valence-corrected chi connectivity index (χ4v) is 3.96. The number of alkyl carbamates (subject to hydrolysis) is 1. The number of hydrogen-bond donors (Lipinski definition) is 2. The minimum absolute atomic E-state index is 0.141. The van der Waals surface area contributed by atoms with Crippen LogP contribution in [-0.2, 0) is 14.3 Å². The van der Waals surface area contributed by atoms with Crippen molar-refractivity contribution in [1.82, 2.24) is 15.5 Å². The molecule has 0 aromatic heterocycles. The summed E-state index contributed by atoms with van der Waals surface area (Å²) in [6.07, 6.45) is 5.10. The first-order valence-electron chi connectivity index (χ1n) is 13.2. The molecule has 0 bridgehead atoms. The molecule has 7 nitrogen and oxygen atoms in total. The summed E-state index contributed by atoms with van der Waals surface area (Å²) in [6.45, 7) is 18.2. The highest BCUT2D eigenvalue weighted by molar-refractivity contribution is 5.92. The maximum atomic E-state index is 14.0. The second-order valence-corrected chi connectivity index (χ2v) is 10.6. The van der Waals surface area contributed by atoms with E-state index in [1.807, 2.05) is 45.0 Å². The number of carbonyl (C=O) groups excluding carboxylic acids is 3. The molecule has 36 heavy (non-hydrogen) atoms. The molecule has 7 heteroatoms. The highest BCUT2D eigenvalue weighted by Crippen LogP contribution is 2.25. The predicted octanol–water partition coefficient (Wildman–Crippen LogP) is 5.86. The zero-order chi connectivity index (χ0) is 27.3. The summed E-state index contributed by atoms with van der Waals surface area (Å²) >= 11 is 0. The van der Waals surface area contributed by atoms with E-state index in [0.717, 1.165) is 24.8 Å². The van der Waals surface area contributed by atoms with Gasteiger partial charge in [0.2, 0.25) is 11.8 Å². The van der Waals surface area contributed by atoms with Gasteiger partial charge in [0.05, 0.1) is 0 Å². The van der Waals surface area contributed by atoms with Gasteiger partial charge in [-0.05, 0) is 63.1 Å². The molecule has 0 saturated carbocycles. The molecule has 0 fully saturated rings. The molecule has 0 aliphatic rings. The first kappa shape index (κ1) is 31.2. The van der Waals surface area contributed by atoms with Gasteiger partial charge in [-0.15, -0.1) is 0 Å².